The summed E-state index contributed by atoms with van der Waals surface area (Å²) >= 11 is 0. The summed E-state index contributed by atoms with van der Waals surface area (Å²) < 4.78 is 12.2. The first kappa shape index (κ1) is 27.2. The molecule has 12 heteroatoms. The van der Waals surface area contributed by atoms with Crippen molar-refractivity contribution in [3.05, 3.63) is 122 Å². The maximum Gasteiger partial charge on any atom is 0.266 e. The zero-order valence-corrected chi connectivity index (χ0v) is 24.8. The topological polar surface area (TPSA) is 155 Å². The summed E-state index contributed by atoms with van der Waals surface area (Å²) in [6.45, 7) is 0. The molecule has 226 valence electrons. The van der Waals surface area contributed by atoms with Gasteiger partial charge in [-0.1, -0.05) is 42.5 Å². The lowest BCUT2D eigenvalue weighted by Crippen LogP contribution is -1.91. The van der Waals surface area contributed by atoms with Crippen LogP contribution in [0.4, 0.5) is 0 Å². The molecular formula is C36H20N10O2. The third-order valence-corrected chi connectivity index (χ3v) is 7.66. The molecule has 9 aromatic rings. The maximum atomic E-state index is 6.14. The number of hydrogen-bond acceptors (Lipinski definition) is 12. The minimum Gasteiger partial charge on any atom is -0.415 e. The Hall–Kier alpha value is -7.08. The van der Waals surface area contributed by atoms with Gasteiger partial charge in [0.15, 0.2) is 0 Å². The van der Waals surface area contributed by atoms with Crippen molar-refractivity contribution in [3.8, 4) is 69.0 Å². The van der Waals surface area contributed by atoms with Crippen LogP contribution in [0.3, 0.4) is 0 Å². The molecule has 0 amide bonds. The Bertz CT molecular complexity index is 2590. The van der Waals surface area contributed by atoms with Gasteiger partial charge in [-0.15, -0.1) is 20.4 Å². The van der Waals surface area contributed by atoms with Gasteiger partial charge in [0.2, 0.25) is 5.89 Å². The Morgan fingerprint density at radius 3 is 1.52 bits per heavy atom. The van der Waals surface area contributed by atoms with E-state index in [0.717, 1.165) is 22.2 Å². The molecule has 48 heavy (non-hydrogen) atoms. The fourth-order valence-corrected chi connectivity index (χ4v) is 5.39. The van der Waals surface area contributed by atoms with Crippen LogP contribution in [0.1, 0.15) is 0 Å². The van der Waals surface area contributed by atoms with Crippen molar-refractivity contribution in [1.29, 1.82) is 0 Å². The van der Waals surface area contributed by atoms with E-state index in [1.807, 2.05) is 103 Å². The van der Waals surface area contributed by atoms with E-state index in [2.05, 4.69) is 40.3 Å². The Morgan fingerprint density at radius 1 is 0.354 bits per heavy atom. The number of rotatable bonds is 6. The molecule has 0 aliphatic heterocycles. The van der Waals surface area contributed by atoms with Crippen LogP contribution in [-0.2, 0) is 0 Å². The average molecular weight is 625 g/mol. The summed E-state index contributed by atoms with van der Waals surface area (Å²) in [5.74, 6) is 1.16. The van der Waals surface area contributed by atoms with Crippen molar-refractivity contribution in [2.24, 2.45) is 0 Å². The summed E-state index contributed by atoms with van der Waals surface area (Å²) in [4.78, 5) is 27.7. The monoisotopic (exact) mass is 624 g/mol. The fourth-order valence-electron chi connectivity index (χ4n) is 5.39. The smallest absolute Gasteiger partial charge is 0.266 e. The number of fused-ring (bicyclic) bond motifs is 3. The molecule has 8 aromatic heterocycles. The first-order valence-corrected chi connectivity index (χ1v) is 14.9. The molecular weight excluding hydrogens is 604 g/mol. The quantitative estimate of drug-likeness (QED) is 0.173. The lowest BCUT2D eigenvalue weighted by atomic mass is 10.1. The van der Waals surface area contributed by atoms with E-state index in [4.69, 9.17) is 18.8 Å². The van der Waals surface area contributed by atoms with Crippen molar-refractivity contribution < 1.29 is 8.83 Å². The van der Waals surface area contributed by atoms with Gasteiger partial charge in [0, 0.05) is 34.9 Å². The Morgan fingerprint density at radius 2 is 0.896 bits per heavy atom. The number of aromatic nitrogens is 10. The largest absolute Gasteiger partial charge is 0.415 e. The van der Waals surface area contributed by atoms with Gasteiger partial charge in [0.1, 0.15) is 17.1 Å². The van der Waals surface area contributed by atoms with Crippen LogP contribution in [0.15, 0.2) is 131 Å². The summed E-state index contributed by atoms with van der Waals surface area (Å²) in [7, 11) is 0. The first-order valence-electron chi connectivity index (χ1n) is 14.9. The van der Waals surface area contributed by atoms with Crippen molar-refractivity contribution in [1.82, 2.24) is 50.3 Å². The summed E-state index contributed by atoms with van der Waals surface area (Å²) in [6.07, 6.45) is 5.15. The van der Waals surface area contributed by atoms with Gasteiger partial charge < -0.3 is 8.83 Å². The molecule has 0 atom stereocenters. The molecule has 0 unspecified atom stereocenters. The predicted molar refractivity (Wildman–Crippen MR) is 177 cm³/mol. The summed E-state index contributed by atoms with van der Waals surface area (Å²) in [5, 5.41) is 18.9. The molecule has 0 saturated heterocycles. The van der Waals surface area contributed by atoms with Crippen molar-refractivity contribution in [2.45, 2.75) is 0 Å². The highest BCUT2D eigenvalue weighted by molar-refractivity contribution is 6.07. The van der Waals surface area contributed by atoms with Crippen LogP contribution in [-0.4, -0.2) is 50.3 Å². The fraction of sp³-hybridized carbons (Fsp3) is 0. The van der Waals surface area contributed by atoms with Crippen LogP contribution in [0, 0.1) is 0 Å². The Balaban J connectivity index is 1.06. The third kappa shape index (κ3) is 4.90. The van der Waals surface area contributed by atoms with E-state index in [-0.39, 0.29) is 11.8 Å². The second-order valence-corrected chi connectivity index (χ2v) is 10.7. The molecule has 0 bridgehead atoms. The van der Waals surface area contributed by atoms with Gasteiger partial charge >= 0.3 is 0 Å². The molecule has 8 heterocycles. The zero-order chi connectivity index (χ0) is 31.9. The van der Waals surface area contributed by atoms with Crippen molar-refractivity contribution >= 4 is 21.8 Å². The molecule has 0 aliphatic rings. The summed E-state index contributed by atoms with van der Waals surface area (Å²) in [5.41, 5.74) is 6.52. The van der Waals surface area contributed by atoms with Gasteiger partial charge in [-0.2, -0.15) is 0 Å². The van der Waals surface area contributed by atoms with E-state index in [1.165, 1.54) is 0 Å². The predicted octanol–water partition coefficient (Wildman–Crippen LogP) is 7.13. The molecule has 0 spiro atoms. The van der Waals surface area contributed by atoms with Gasteiger partial charge in [-0.3, -0.25) is 15.0 Å². The second-order valence-electron chi connectivity index (χ2n) is 10.7. The average Bonchev–Trinajstić information content (AvgIpc) is 3.87. The second kappa shape index (κ2) is 11.4. The lowest BCUT2D eigenvalue weighted by Gasteiger charge is -2.06. The third-order valence-electron chi connectivity index (χ3n) is 7.66. The number of nitrogens with zero attached hydrogens (tertiary/aromatic N) is 10. The highest BCUT2D eigenvalue weighted by Gasteiger charge is 2.19. The van der Waals surface area contributed by atoms with Gasteiger partial charge in [0.05, 0.1) is 33.8 Å². The normalized spacial score (nSPS) is 11.3. The minimum atomic E-state index is 0.257. The van der Waals surface area contributed by atoms with Crippen LogP contribution in [0.2, 0.25) is 0 Å². The van der Waals surface area contributed by atoms with Crippen LogP contribution >= 0.6 is 0 Å². The minimum absolute atomic E-state index is 0.257. The Labute approximate surface area is 271 Å². The van der Waals surface area contributed by atoms with Gasteiger partial charge in [0.25, 0.3) is 17.7 Å². The van der Waals surface area contributed by atoms with Gasteiger partial charge in [-0.25, -0.2) is 15.0 Å². The highest BCUT2D eigenvalue weighted by atomic mass is 16.4. The molecule has 0 fully saturated rings. The molecule has 12 nitrogen and oxygen atoms in total. The van der Waals surface area contributed by atoms with Gasteiger partial charge in [-0.05, 0) is 60.7 Å². The maximum absolute atomic E-state index is 6.14. The van der Waals surface area contributed by atoms with E-state index >= 15 is 0 Å². The zero-order valence-electron chi connectivity index (χ0n) is 24.8. The van der Waals surface area contributed by atoms with Crippen LogP contribution in [0.25, 0.3) is 90.8 Å². The standard InChI is InChI=1S/C36H20N10O2/c1-3-18-37-24(7-1)26-9-5-11-28(40-26)34-44-43-33(47-34)23-17-20-39-32-22(23)15-13-21-14-16-30(42-31(21)32)36-46-45-35(48-36)29-12-6-10-27(41-29)25-8-2-4-19-38-25/h1-20H. The van der Waals surface area contributed by atoms with Crippen molar-refractivity contribution in [3.63, 3.8) is 0 Å². The van der Waals surface area contributed by atoms with Crippen molar-refractivity contribution in [2.75, 3.05) is 0 Å². The Kier molecular flexibility index (Phi) is 6.46. The molecule has 0 saturated carbocycles. The van der Waals surface area contributed by atoms with E-state index in [1.54, 1.807) is 18.6 Å². The first-order chi connectivity index (χ1) is 23.8. The van der Waals surface area contributed by atoms with E-state index < -0.39 is 0 Å². The highest BCUT2D eigenvalue weighted by Crippen LogP contribution is 2.33. The molecule has 1 aromatic carbocycles. The van der Waals surface area contributed by atoms with Crippen LogP contribution < -0.4 is 0 Å². The lowest BCUT2D eigenvalue weighted by molar-refractivity contribution is 0.580. The molecule has 9 rings (SSSR count). The SMILES string of the molecule is c1ccc(-c2cccc(-c3nnc(-c4ccc5ccc6c(-c7nnc(-c8cccc(-c9ccccn9)n8)o7)ccnc6c5n4)o3)n2)nc1. The molecule has 0 radical (unpaired) electrons. The number of pyridine rings is 6. The number of benzene rings is 1. The number of hydrogen-bond donors (Lipinski definition) is 0. The summed E-state index contributed by atoms with van der Waals surface area (Å²) in [6, 6.07) is 32.1. The van der Waals surface area contributed by atoms with E-state index in [0.29, 0.717) is 56.8 Å². The molecule has 0 N–H and O–H groups in total. The van der Waals surface area contributed by atoms with Crippen LogP contribution in [0.5, 0.6) is 0 Å². The van der Waals surface area contributed by atoms with E-state index in [9.17, 15) is 0 Å². The molecule has 0 aliphatic carbocycles.